The van der Waals surface area contributed by atoms with Crippen molar-refractivity contribution in [2.75, 3.05) is 17.2 Å². The van der Waals surface area contributed by atoms with Gasteiger partial charge in [0.2, 0.25) is 0 Å². The Morgan fingerprint density at radius 3 is 2.94 bits per heavy atom. The summed E-state index contributed by atoms with van der Waals surface area (Å²) in [5, 5.41) is 7.61. The van der Waals surface area contributed by atoms with Crippen LogP contribution in [0.5, 0.6) is 0 Å². The van der Waals surface area contributed by atoms with E-state index in [1.807, 2.05) is 17.0 Å². The molecule has 1 aromatic carbocycles. The Morgan fingerprint density at radius 2 is 2.12 bits per heavy atom. The van der Waals surface area contributed by atoms with Gasteiger partial charge in [-0.05, 0) is 24.5 Å². The fraction of sp³-hybridized carbons (Fsp3) is 0.273. The molecule has 0 bridgehead atoms. The highest BCUT2D eigenvalue weighted by molar-refractivity contribution is 5.62. The first-order valence-corrected chi connectivity index (χ1v) is 5.29. The third-order valence-electron chi connectivity index (χ3n) is 2.77. The van der Waals surface area contributed by atoms with Crippen molar-refractivity contribution >= 4 is 17.7 Å². The van der Waals surface area contributed by atoms with E-state index in [4.69, 9.17) is 10.2 Å². The van der Waals surface area contributed by atoms with Crippen LogP contribution in [-0.2, 0) is 6.42 Å². The normalized spacial score (nSPS) is 14.9. The average molecular weight is 216 g/mol. The highest BCUT2D eigenvalue weighted by Crippen LogP contribution is 2.32. The van der Waals surface area contributed by atoms with Crippen LogP contribution in [0, 0.1) is 0 Å². The Bertz CT molecular complexity index is 508. The molecule has 0 radical (unpaired) electrons. The third-order valence-corrected chi connectivity index (χ3v) is 2.77. The zero-order valence-electron chi connectivity index (χ0n) is 8.76. The summed E-state index contributed by atoms with van der Waals surface area (Å²) in [5.41, 5.74) is 7.89. The van der Waals surface area contributed by atoms with E-state index in [1.165, 1.54) is 5.56 Å². The monoisotopic (exact) mass is 216 g/mol. The summed E-state index contributed by atoms with van der Waals surface area (Å²) >= 11 is 0. The van der Waals surface area contributed by atoms with Gasteiger partial charge in [-0.15, -0.1) is 0 Å². The van der Waals surface area contributed by atoms with E-state index in [0.717, 1.165) is 25.1 Å². The lowest BCUT2D eigenvalue weighted by Gasteiger charge is -2.27. The number of aromatic nitrogens is 2. The van der Waals surface area contributed by atoms with Crippen molar-refractivity contribution in [3.05, 3.63) is 29.8 Å². The molecule has 0 aliphatic carbocycles. The number of hydrogen-bond donors (Lipinski definition) is 1. The Labute approximate surface area is 92.9 Å². The second-order valence-electron chi connectivity index (χ2n) is 3.81. The number of nitrogens with two attached hydrogens (primary N) is 1. The minimum atomic E-state index is 0.109. The van der Waals surface area contributed by atoms with Gasteiger partial charge in [-0.1, -0.05) is 28.4 Å². The van der Waals surface area contributed by atoms with Crippen LogP contribution in [-0.4, -0.2) is 16.7 Å². The van der Waals surface area contributed by atoms with Crippen molar-refractivity contribution in [3.63, 3.8) is 0 Å². The van der Waals surface area contributed by atoms with Crippen molar-refractivity contribution in [2.24, 2.45) is 0 Å². The van der Waals surface area contributed by atoms with E-state index < -0.39 is 0 Å². The molecule has 0 fully saturated rings. The van der Waals surface area contributed by atoms with E-state index in [9.17, 15) is 0 Å². The van der Waals surface area contributed by atoms with Crippen molar-refractivity contribution in [1.29, 1.82) is 0 Å². The van der Waals surface area contributed by atoms with E-state index in [1.54, 1.807) is 0 Å². The van der Waals surface area contributed by atoms with Gasteiger partial charge in [-0.25, -0.2) is 0 Å². The Morgan fingerprint density at radius 1 is 1.25 bits per heavy atom. The molecule has 0 spiro atoms. The van der Waals surface area contributed by atoms with Crippen LogP contribution in [0.1, 0.15) is 12.0 Å². The maximum absolute atomic E-state index is 5.44. The van der Waals surface area contributed by atoms with Crippen LogP contribution in [0.2, 0.25) is 0 Å². The van der Waals surface area contributed by atoms with Gasteiger partial charge < -0.3 is 10.2 Å². The predicted octanol–water partition coefficient (Wildman–Crippen LogP) is 1.74. The molecule has 1 aromatic heterocycles. The highest BCUT2D eigenvalue weighted by Gasteiger charge is 2.21. The summed E-state index contributed by atoms with van der Waals surface area (Å²) in [5.74, 6) is 0. The van der Waals surface area contributed by atoms with Crippen molar-refractivity contribution in [3.8, 4) is 0 Å². The van der Waals surface area contributed by atoms with Crippen LogP contribution in [0.15, 0.2) is 28.7 Å². The number of fused-ring (bicyclic) bond motifs is 1. The van der Waals surface area contributed by atoms with E-state index in [-0.39, 0.29) is 6.01 Å². The van der Waals surface area contributed by atoms with Gasteiger partial charge in [-0.3, -0.25) is 4.90 Å². The number of nitrogen functional groups attached to an aromatic ring is 1. The number of benzene rings is 1. The summed E-state index contributed by atoms with van der Waals surface area (Å²) in [7, 11) is 0. The van der Waals surface area contributed by atoms with Gasteiger partial charge in [-0.2, -0.15) is 0 Å². The first-order chi connectivity index (χ1) is 7.84. The molecule has 0 saturated heterocycles. The second-order valence-corrected chi connectivity index (χ2v) is 3.81. The number of nitrogens with zero attached hydrogens (tertiary/aromatic N) is 3. The summed E-state index contributed by atoms with van der Waals surface area (Å²) < 4.78 is 5.26. The smallest absolute Gasteiger partial charge is 0.324 e. The molecular weight excluding hydrogens is 204 g/mol. The molecule has 0 amide bonds. The minimum Gasteiger partial charge on any atom is -0.389 e. The summed E-state index contributed by atoms with van der Waals surface area (Å²) in [4.78, 5) is 2.02. The Hall–Kier alpha value is -2.04. The molecule has 1 aliphatic rings. The van der Waals surface area contributed by atoms with Crippen LogP contribution in [0.4, 0.5) is 17.7 Å². The molecule has 3 rings (SSSR count). The zero-order chi connectivity index (χ0) is 11.0. The SMILES string of the molecule is Nc1nnc(N2CCCc3ccccc32)o1. The molecule has 0 atom stereocenters. The summed E-state index contributed by atoms with van der Waals surface area (Å²) in [6, 6.07) is 8.83. The van der Waals surface area contributed by atoms with Crippen molar-refractivity contribution in [1.82, 2.24) is 10.2 Å². The fourth-order valence-corrected chi connectivity index (χ4v) is 2.07. The topological polar surface area (TPSA) is 68.2 Å². The van der Waals surface area contributed by atoms with Crippen LogP contribution in [0.3, 0.4) is 0 Å². The van der Waals surface area contributed by atoms with E-state index in [0.29, 0.717) is 6.01 Å². The lowest BCUT2D eigenvalue weighted by molar-refractivity contribution is 0.559. The Kier molecular flexibility index (Phi) is 2.02. The largest absolute Gasteiger partial charge is 0.389 e. The Balaban J connectivity index is 2.04. The van der Waals surface area contributed by atoms with E-state index in [2.05, 4.69) is 22.3 Å². The molecule has 5 heteroatoms. The first kappa shape index (κ1) is 9.21. The van der Waals surface area contributed by atoms with Crippen LogP contribution < -0.4 is 10.6 Å². The molecule has 2 aromatic rings. The molecule has 16 heavy (non-hydrogen) atoms. The third kappa shape index (κ3) is 1.41. The van der Waals surface area contributed by atoms with Gasteiger partial charge in [0, 0.05) is 12.2 Å². The van der Waals surface area contributed by atoms with Crippen molar-refractivity contribution in [2.45, 2.75) is 12.8 Å². The molecule has 0 saturated carbocycles. The minimum absolute atomic E-state index is 0.109. The molecule has 1 aliphatic heterocycles. The van der Waals surface area contributed by atoms with Gasteiger partial charge in [0.05, 0.1) is 0 Å². The lowest BCUT2D eigenvalue weighted by Crippen LogP contribution is -2.24. The van der Waals surface area contributed by atoms with Crippen LogP contribution in [0.25, 0.3) is 0 Å². The van der Waals surface area contributed by atoms with Gasteiger partial charge in [0.15, 0.2) is 0 Å². The summed E-state index contributed by atoms with van der Waals surface area (Å²) in [6.45, 7) is 0.888. The standard InChI is InChI=1S/C11H12N4O/c12-10-13-14-11(16-10)15-7-3-5-8-4-1-2-6-9(8)15/h1-2,4,6H,3,5,7H2,(H2,12,13). The van der Waals surface area contributed by atoms with Crippen molar-refractivity contribution < 1.29 is 4.42 Å². The number of para-hydroxylation sites is 1. The second kappa shape index (κ2) is 3.52. The maximum Gasteiger partial charge on any atom is 0.324 e. The molecule has 82 valence electrons. The number of anilines is 3. The molecule has 2 N–H and O–H groups in total. The number of aryl methyl sites for hydroxylation is 1. The zero-order valence-corrected chi connectivity index (χ0v) is 8.76. The fourth-order valence-electron chi connectivity index (χ4n) is 2.07. The average Bonchev–Trinajstić information content (AvgIpc) is 2.75. The molecule has 5 nitrogen and oxygen atoms in total. The van der Waals surface area contributed by atoms with Gasteiger partial charge in [0.25, 0.3) is 0 Å². The summed E-state index contributed by atoms with van der Waals surface area (Å²) in [6.07, 6.45) is 2.18. The van der Waals surface area contributed by atoms with E-state index >= 15 is 0 Å². The number of rotatable bonds is 1. The quantitative estimate of drug-likeness (QED) is 0.786. The van der Waals surface area contributed by atoms with Gasteiger partial charge in [0.1, 0.15) is 0 Å². The predicted molar refractivity (Wildman–Crippen MR) is 60.5 cm³/mol. The highest BCUT2D eigenvalue weighted by atomic mass is 16.4. The molecule has 2 heterocycles. The number of hydrogen-bond acceptors (Lipinski definition) is 5. The lowest BCUT2D eigenvalue weighted by atomic mass is 10.0. The van der Waals surface area contributed by atoms with Crippen LogP contribution >= 0.6 is 0 Å². The molecule has 0 unspecified atom stereocenters. The molecular formula is C11H12N4O. The van der Waals surface area contributed by atoms with Gasteiger partial charge >= 0.3 is 12.0 Å². The maximum atomic E-state index is 5.44. The first-order valence-electron chi connectivity index (χ1n) is 5.29.